The Kier molecular flexibility index (Phi) is 5.31. The van der Waals surface area contributed by atoms with E-state index in [4.69, 9.17) is 0 Å². The number of carbonyl (C=O) groups excluding carboxylic acids is 1. The van der Waals surface area contributed by atoms with E-state index in [0.717, 1.165) is 34.2 Å². The van der Waals surface area contributed by atoms with E-state index in [1.807, 2.05) is 13.0 Å². The molecule has 35 heavy (non-hydrogen) atoms. The lowest BCUT2D eigenvalue weighted by Crippen LogP contribution is -2.14. The number of halogens is 3. The molecule has 0 aliphatic carbocycles. The number of H-pyrrole nitrogens is 1. The van der Waals surface area contributed by atoms with E-state index in [1.165, 1.54) is 17.1 Å². The zero-order valence-corrected chi connectivity index (χ0v) is 18.6. The quantitative estimate of drug-likeness (QED) is 0.375. The van der Waals surface area contributed by atoms with Crippen molar-refractivity contribution in [2.75, 3.05) is 5.32 Å². The van der Waals surface area contributed by atoms with E-state index in [9.17, 15) is 18.0 Å². The summed E-state index contributed by atoms with van der Waals surface area (Å²) in [5.74, 6) is -0.146. The van der Waals surface area contributed by atoms with E-state index in [2.05, 4.69) is 30.6 Å². The maximum atomic E-state index is 13.5. The Morgan fingerprint density at radius 2 is 1.86 bits per heavy atom. The highest BCUT2D eigenvalue weighted by Gasteiger charge is 2.31. The van der Waals surface area contributed by atoms with Crippen LogP contribution < -0.4 is 5.32 Å². The minimum atomic E-state index is -4.61. The van der Waals surface area contributed by atoms with Crippen molar-refractivity contribution in [1.82, 2.24) is 29.9 Å². The lowest BCUT2D eigenvalue weighted by Gasteiger charge is -2.14. The number of amides is 1. The van der Waals surface area contributed by atoms with Crippen molar-refractivity contribution in [2.24, 2.45) is 0 Å². The van der Waals surface area contributed by atoms with E-state index >= 15 is 0 Å². The van der Waals surface area contributed by atoms with Gasteiger partial charge in [-0.1, -0.05) is 6.07 Å². The summed E-state index contributed by atoms with van der Waals surface area (Å²) in [6.07, 6.45) is 0.0255. The Labute approximate surface area is 196 Å². The maximum absolute atomic E-state index is 13.5. The van der Waals surface area contributed by atoms with Crippen LogP contribution in [-0.4, -0.2) is 35.9 Å². The topological polar surface area (TPSA) is 101 Å². The number of alkyl halides is 3. The molecule has 0 unspecified atom stereocenters. The first-order chi connectivity index (χ1) is 16.7. The average molecular weight is 477 g/mol. The molecule has 0 saturated carbocycles. The monoisotopic (exact) mass is 477 g/mol. The van der Waals surface area contributed by atoms with Gasteiger partial charge in [0, 0.05) is 28.4 Å². The number of carbonyl (C=O) groups is 1. The smallest absolute Gasteiger partial charge is 0.322 e. The molecular weight excluding hydrogens is 459 g/mol. The van der Waals surface area contributed by atoms with Gasteiger partial charge in [-0.3, -0.25) is 9.89 Å². The lowest BCUT2D eigenvalue weighted by atomic mass is 9.98. The molecule has 0 bridgehead atoms. The second-order valence-electron chi connectivity index (χ2n) is 8.02. The van der Waals surface area contributed by atoms with Crippen molar-refractivity contribution in [3.63, 3.8) is 0 Å². The first kappa shape index (κ1) is 22.3. The van der Waals surface area contributed by atoms with Gasteiger partial charge in [0.25, 0.3) is 5.91 Å². The molecule has 0 fully saturated rings. The Balaban J connectivity index is 1.49. The zero-order valence-electron chi connectivity index (χ0n) is 18.6. The minimum Gasteiger partial charge on any atom is -0.322 e. The Hall–Kier alpha value is -4.54. The van der Waals surface area contributed by atoms with Crippen LogP contribution in [0.3, 0.4) is 0 Å². The van der Waals surface area contributed by atoms with Gasteiger partial charge >= 0.3 is 6.18 Å². The Morgan fingerprint density at radius 3 is 2.60 bits per heavy atom. The van der Waals surface area contributed by atoms with Crippen molar-refractivity contribution >= 4 is 22.6 Å². The molecule has 0 aliphatic rings. The number of aromatic amines is 1. The van der Waals surface area contributed by atoms with Crippen LogP contribution in [0.4, 0.5) is 18.9 Å². The van der Waals surface area contributed by atoms with Gasteiger partial charge < -0.3 is 5.32 Å². The summed E-state index contributed by atoms with van der Waals surface area (Å²) in [7, 11) is 0. The molecule has 3 aromatic heterocycles. The predicted molar refractivity (Wildman–Crippen MR) is 123 cm³/mol. The highest BCUT2D eigenvalue weighted by molar-refractivity contribution is 6.05. The van der Waals surface area contributed by atoms with E-state index in [0.29, 0.717) is 11.5 Å². The molecule has 2 aromatic carbocycles. The van der Waals surface area contributed by atoms with Crippen molar-refractivity contribution in [1.29, 1.82) is 0 Å². The highest BCUT2D eigenvalue weighted by Crippen LogP contribution is 2.33. The predicted octanol–water partition coefficient (Wildman–Crippen LogP) is 5.09. The number of hydrogen-bond donors (Lipinski definition) is 2. The zero-order chi connectivity index (χ0) is 24.7. The molecule has 11 heteroatoms. The third-order valence-corrected chi connectivity index (χ3v) is 5.48. The van der Waals surface area contributed by atoms with Crippen LogP contribution in [0, 0.1) is 13.8 Å². The summed E-state index contributed by atoms with van der Waals surface area (Å²) >= 11 is 0. The molecule has 0 aliphatic heterocycles. The molecule has 0 atom stereocenters. The minimum absolute atomic E-state index is 0.0170. The number of nitrogens with zero attached hydrogens (tertiary/aromatic N) is 5. The Morgan fingerprint density at radius 1 is 1.03 bits per heavy atom. The molecule has 3 heterocycles. The van der Waals surface area contributed by atoms with E-state index in [1.54, 1.807) is 37.5 Å². The first-order valence-electron chi connectivity index (χ1n) is 10.5. The summed E-state index contributed by atoms with van der Waals surface area (Å²) in [5.41, 5.74) is 2.59. The van der Waals surface area contributed by atoms with Gasteiger partial charge in [-0.05, 0) is 61.4 Å². The second kappa shape index (κ2) is 8.35. The molecular formula is C24H18F3N7O. The summed E-state index contributed by atoms with van der Waals surface area (Å²) in [5, 5.41) is 14.2. The number of benzene rings is 2. The van der Waals surface area contributed by atoms with Gasteiger partial charge in [0.1, 0.15) is 12.2 Å². The van der Waals surface area contributed by atoms with Gasteiger partial charge in [-0.2, -0.15) is 23.4 Å². The maximum Gasteiger partial charge on any atom is 0.416 e. The molecule has 0 radical (unpaired) electrons. The number of aromatic nitrogens is 6. The van der Waals surface area contributed by atoms with Crippen molar-refractivity contribution in [3.8, 4) is 16.8 Å². The van der Waals surface area contributed by atoms with Crippen molar-refractivity contribution in [2.45, 2.75) is 20.0 Å². The van der Waals surface area contributed by atoms with E-state index in [-0.39, 0.29) is 16.9 Å². The summed E-state index contributed by atoms with van der Waals surface area (Å²) in [6.45, 7) is 3.53. The number of nitrogens with one attached hydrogen (secondary N) is 2. The standard InChI is InChI=1S/C24H18F3N7O/c1-13-3-4-15(6-21(13)16-5-17-11-30-32-22(17)28-10-16)23(35)31-19-7-18(24(25,26)27)8-20(9-19)34-12-29-14(2)33-34/h3-12H,1-2H3,(H,31,35)(H,28,30,32). The van der Waals surface area contributed by atoms with Crippen LogP contribution in [0.5, 0.6) is 0 Å². The number of rotatable bonds is 4. The summed E-state index contributed by atoms with van der Waals surface area (Å²) in [4.78, 5) is 21.3. The summed E-state index contributed by atoms with van der Waals surface area (Å²) < 4.78 is 41.8. The molecule has 1 amide bonds. The largest absolute Gasteiger partial charge is 0.416 e. The molecule has 5 rings (SSSR count). The molecule has 0 saturated heterocycles. The van der Waals surface area contributed by atoms with Gasteiger partial charge in [0.2, 0.25) is 0 Å². The van der Waals surface area contributed by atoms with Gasteiger partial charge in [-0.25, -0.2) is 14.6 Å². The number of hydrogen-bond acceptors (Lipinski definition) is 5. The fraction of sp³-hybridized carbons (Fsp3) is 0.125. The molecule has 2 N–H and O–H groups in total. The fourth-order valence-electron chi connectivity index (χ4n) is 3.71. The van der Waals surface area contributed by atoms with Crippen molar-refractivity contribution in [3.05, 3.63) is 83.7 Å². The number of pyridine rings is 1. The fourth-order valence-corrected chi connectivity index (χ4v) is 3.71. The van der Waals surface area contributed by atoms with E-state index < -0.39 is 17.6 Å². The normalized spacial score (nSPS) is 11.7. The Bertz CT molecular complexity index is 1570. The van der Waals surface area contributed by atoms with Crippen LogP contribution in [-0.2, 0) is 6.18 Å². The van der Waals surface area contributed by atoms with Gasteiger partial charge in [0.15, 0.2) is 5.65 Å². The highest BCUT2D eigenvalue weighted by atomic mass is 19.4. The molecule has 5 aromatic rings. The third kappa shape index (κ3) is 4.47. The van der Waals surface area contributed by atoms with Crippen LogP contribution in [0.15, 0.2) is 61.2 Å². The lowest BCUT2D eigenvalue weighted by molar-refractivity contribution is -0.137. The van der Waals surface area contributed by atoms with Gasteiger partial charge in [-0.15, -0.1) is 0 Å². The number of aryl methyl sites for hydroxylation is 2. The van der Waals surface area contributed by atoms with Crippen LogP contribution in [0.2, 0.25) is 0 Å². The van der Waals surface area contributed by atoms with Crippen LogP contribution in [0.1, 0.15) is 27.3 Å². The summed E-state index contributed by atoms with van der Waals surface area (Å²) in [6, 6.07) is 10.2. The van der Waals surface area contributed by atoms with Crippen molar-refractivity contribution < 1.29 is 18.0 Å². The van der Waals surface area contributed by atoms with Crippen LogP contribution in [0.25, 0.3) is 27.8 Å². The molecule has 0 spiro atoms. The van der Waals surface area contributed by atoms with Crippen LogP contribution >= 0.6 is 0 Å². The van der Waals surface area contributed by atoms with Gasteiger partial charge in [0.05, 0.1) is 17.4 Å². The number of anilines is 1. The number of fused-ring (bicyclic) bond motifs is 1. The third-order valence-electron chi connectivity index (χ3n) is 5.48. The average Bonchev–Trinajstić information content (AvgIpc) is 3.47. The second-order valence-corrected chi connectivity index (χ2v) is 8.02. The molecule has 8 nitrogen and oxygen atoms in total. The first-order valence-corrected chi connectivity index (χ1v) is 10.5. The molecule has 176 valence electrons. The SMILES string of the molecule is Cc1ncn(-c2cc(NC(=O)c3ccc(C)c(-c4cnc5[nH]ncc5c4)c3)cc(C(F)(F)F)c2)n1.